The molecule has 0 radical (unpaired) electrons. The monoisotopic (exact) mass is 420 g/mol. The van der Waals surface area contributed by atoms with Gasteiger partial charge in [0, 0.05) is 22.9 Å². The van der Waals surface area contributed by atoms with Crippen LogP contribution < -0.4 is 4.74 Å². The maximum absolute atomic E-state index is 12.7. The van der Waals surface area contributed by atoms with Crippen molar-refractivity contribution in [2.75, 3.05) is 6.61 Å². The van der Waals surface area contributed by atoms with Crippen molar-refractivity contribution >= 4 is 5.82 Å². The Kier molecular flexibility index (Phi) is 5.12. The lowest BCUT2D eigenvalue weighted by Gasteiger charge is -2.22. The molecule has 11 heteroatoms. The molecule has 2 aromatic heterocycles. The van der Waals surface area contributed by atoms with E-state index in [0.717, 1.165) is 17.7 Å². The van der Waals surface area contributed by atoms with Crippen molar-refractivity contribution in [1.29, 1.82) is 0 Å². The molecule has 3 aromatic rings. The van der Waals surface area contributed by atoms with E-state index in [9.17, 15) is 23.3 Å². The first-order valence-electron chi connectivity index (χ1n) is 8.87. The number of halogens is 3. The van der Waals surface area contributed by atoms with E-state index >= 15 is 0 Å². The van der Waals surface area contributed by atoms with Crippen molar-refractivity contribution in [2.45, 2.75) is 25.4 Å². The number of hydrogen-bond donors (Lipinski definition) is 0. The minimum absolute atomic E-state index is 0.174. The van der Waals surface area contributed by atoms with Crippen molar-refractivity contribution in [1.82, 2.24) is 14.5 Å². The first kappa shape index (κ1) is 19.8. The highest BCUT2D eigenvalue weighted by molar-refractivity contribution is 5.63. The maximum atomic E-state index is 12.7. The van der Waals surface area contributed by atoms with Gasteiger partial charge in [-0.2, -0.15) is 13.2 Å². The van der Waals surface area contributed by atoms with Gasteiger partial charge < -0.3 is 19.6 Å². The number of alkyl halides is 3. The molecule has 1 aliphatic heterocycles. The van der Waals surface area contributed by atoms with E-state index in [0.29, 0.717) is 17.7 Å². The molecule has 8 nitrogen and oxygen atoms in total. The summed E-state index contributed by atoms with van der Waals surface area (Å²) in [4.78, 5) is 18.1. The third-order valence-corrected chi connectivity index (χ3v) is 4.54. The Morgan fingerprint density at radius 1 is 1.23 bits per heavy atom. The number of rotatable bonds is 5. The molecule has 0 saturated heterocycles. The molecule has 4 rings (SSSR count). The number of hydrogen-bond acceptors (Lipinski definition) is 6. The van der Waals surface area contributed by atoms with E-state index in [4.69, 9.17) is 9.47 Å². The summed E-state index contributed by atoms with van der Waals surface area (Å²) in [5, 5.41) is 10.8. The first-order valence-corrected chi connectivity index (χ1v) is 8.87. The molecule has 30 heavy (non-hydrogen) atoms. The average molecular weight is 420 g/mol. The van der Waals surface area contributed by atoms with Crippen molar-refractivity contribution in [3.8, 4) is 17.1 Å². The summed E-state index contributed by atoms with van der Waals surface area (Å²) >= 11 is 0. The molecule has 0 fully saturated rings. The predicted octanol–water partition coefficient (Wildman–Crippen LogP) is 3.85. The Bertz CT molecular complexity index is 1070. The van der Waals surface area contributed by atoms with Crippen LogP contribution in [-0.2, 0) is 24.1 Å². The highest BCUT2D eigenvalue weighted by Gasteiger charge is 2.30. The third kappa shape index (κ3) is 4.25. The molecular formula is C19H15F3N4O4. The molecule has 1 aromatic carbocycles. The van der Waals surface area contributed by atoms with Gasteiger partial charge in [-0.05, 0) is 34.2 Å². The minimum Gasteiger partial charge on any atom is -0.443 e. The molecule has 0 unspecified atom stereocenters. The van der Waals surface area contributed by atoms with E-state index in [1.165, 1.54) is 22.9 Å². The van der Waals surface area contributed by atoms with Crippen LogP contribution in [0.5, 0.6) is 6.01 Å². The molecular weight excluding hydrogens is 405 g/mol. The van der Waals surface area contributed by atoms with Crippen molar-refractivity contribution < 1.29 is 27.6 Å². The van der Waals surface area contributed by atoms with Gasteiger partial charge in [-0.25, -0.2) is 0 Å². The Hall–Kier alpha value is -3.47. The lowest BCUT2D eigenvalue weighted by molar-refractivity contribution is -0.389. The van der Waals surface area contributed by atoms with E-state index in [2.05, 4.69) is 9.97 Å². The number of ether oxygens (including phenoxy) is 2. The summed E-state index contributed by atoms with van der Waals surface area (Å²) in [7, 11) is 0. The first-order chi connectivity index (χ1) is 14.3. The van der Waals surface area contributed by atoms with Crippen molar-refractivity contribution in [3.63, 3.8) is 0 Å². The fraction of sp³-hybridized carbons (Fsp3) is 0.263. The van der Waals surface area contributed by atoms with Gasteiger partial charge in [0.15, 0.2) is 0 Å². The zero-order valence-electron chi connectivity index (χ0n) is 15.4. The molecule has 1 atom stereocenters. The topological polar surface area (TPSA) is 92.3 Å². The van der Waals surface area contributed by atoms with E-state index < -0.39 is 16.7 Å². The van der Waals surface area contributed by atoms with Gasteiger partial charge >= 0.3 is 18.0 Å². The Labute approximate surface area is 168 Å². The van der Waals surface area contributed by atoms with Gasteiger partial charge in [-0.1, -0.05) is 12.1 Å². The van der Waals surface area contributed by atoms with Gasteiger partial charge in [-0.15, -0.1) is 0 Å². The van der Waals surface area contributed by atoms with Crippen LogP contribution in [0.2, 0.25) is 0 Å². The maximum Gasteiger partial charge on any atom is 0.416 e. The second-order valence-electron chi connectivity index (χ2n) is 6.69. The molecule has 156 valence electrons. The van der Waals surface area contributed by atoms with Gasteiger partial charge in [-0.3, -0.25) is 9.55 Å². The Morgan fingerprint density at radius 3 is 2.70 bits per heavy atom. The zero-order chi connectivity index (χ0) is 21.3. The Balaban J connectivity index is 1.41. The SMILES string of the molecule is O=[N+]([O-])c1cn2c(n1)OC[C@@H](OCc1cncc(-c3ccc(C(F)(F)F)cc3)c1)C2. The molecule has 1 aliphatic rings. The van der Waals surface area contributed by atoms with Crippen LogP contribution in [0.3, 0.4) is 0 Å². The van der Waals surface area contributed by atoms with Gasteiger partial charge in [0.2, 0.25) is 0 Å². The van der Waals surface area contributed by atoms with E-state index in [1.807, 2.05) is 0 Å². The third-order valence-electron chi connectivity index (χ3n) is 4.54. The summed E-state index contributed by atoms with van der Waals surface area (Å²) in [5.74, 6) is -0.293. The van der Waals surface area contributed by atoms with Gasteiger partial charge in [0.1, 0.15) is 18.9 Å². The molecule has 0 N–H and O–H groups in total. The van der Waals surface area contributed by atoms with Crippen LogP contribution in [-0.4, -0.2) is 32.2 Å². The van der Waals surface area contributed by atoms with Crippen molar-refractivity contribution in [3.05, 3.63) is 70.2 Å². The molecule has 0 aliphatic carbocycles. The molecule has 0 saturated carbocycles. The van der Waals surface area contributed by atoms with Crippen molar-refractivity contribution in [2.24, 2.45) is 0 Å². The van der Waals surface area contributed by atoms with Crippen LogP contribution in [0, 0.1) is 10.1 Å². The second kappa shape index (κ2) is 7.75. The van der Waals surface area contributed by atoms with Gasteiger partial charge in [0.05, 0.1) is 18.7 Å². The van der Waals surface area contributed by atoms with E-state index in [-0.39, 0.29) is 31.1 Å². The number of benzene rings is 1. The highest BCUT2D eigenvalue weighted by Crippen LogP contribution is 2.31. The Morgan fingerprint density at radius 2 is 2.00 bits per heavy atom. The zero-order valence-corrected chi connectivity index (χ0v) is 15.4. The largest absolute Gasteiger partial charge is 0.443 e. The van der Waals surface area contributed by atoms with Crippen LogP contribution in [0.15, 0.2) is 48.9 Å². The normalized spacial score (nSPS) is 16.0. The lowest BCUT2D eigenvalue weighted by Crippen LogP contribution is -2.32. The highest BCUT2D eigenvalue weighted by atomic mass is 19.4. The van der Waals surface area contributed by atoms with Crippen LogP contribution in [0.1, 0.15) is 11.1 Å². The van der Waals surface area contributed by atoms with Crippen LogP contribution >= 0.6 is 0 Å². The average Bonchev–Trinajstić information content (AvgIpc) is 3.16. The number of imidazole rings is 1. The fourth-order valence-electron chi connectivity index (χ4n) is 3.05. The number of nitrogens with zero attached hydrogens (tertiary/aromatic N) is 4. The summed E-state index contributed by atoms with van der Waals surface area (Å²) < 4.78 is 50.9. The minimum atomic E-state index is -4.38. The summed E-state index contributed by atoms with van der Waals surface area (Å²) in [6.45, 7) is 0.740. The molecule has 0 amide bonds. The molecule has 0 bridgehead atoms. The summed E-state index contributed by atoms with van der Waals surface area (Å²) in [5.41, 5.74) is 1.29. The van der Waals surface area contributed by atoms with E-state index in [1.54, 1.807) is 18.5 Å². The van der Waals surface area contributed by atoms with Crippen LogP contribution in [0.4, 0.5) is 19.0 Å². The number of nitro groups is 1. The quantitative estimate of drug-likeness (QED) is 0.460. The summed E-state index contributed by atoms with van der Waals surface area (Å²) in [6.07, 6.45) is -0.278. The predicted molar refractivity (Wildman–Crippen MR) is 97.6 cm³/mol. The standard InChI is InChI=1S/C19H15F3N4O4/c20-19(21,22)15-3-1-13(2-4-15)14-5-12(6-23-7-14)10-29-16-8-25-9-17(26(27)28)24-18(25)30-11-16/h1-7,9,16H,8,10-11H2/t16-/m0/s1. The number of pyridine rings is 1. The molecule has 3 heterocycles. The van der Waals surface area contributed by atoms with Crippen LogP contribution in [0.25, 0.3) is 11.1 Å². The van der Waals surface area contributed by atoms with Gasteiger partial charge in [0.25, 0.3) is 0 Å². The molecule has 0 spiro atoms. The number of fused-ring (bicyclic) bond motifs is 1. The fourth-order valence-corrected chi connectivity index (χ4v) is 3.05. The number of aromatic nitrogens is 3. The second-order valence-corrected chi connectivity index (χ2v) is 6.69. The lowest BCUT2D eigenvalue weighted by atomic mass is 10.0. The summed E-state index contributed by atoms with van der Waals surface area (Å²) in [6, 6.07) is 6.80. The smallest absolute Gasteiger partial charge is 0.416 e.